The van der Waals surface area contributed by atoms with Crippen LogP contribution in [0.25, 0.3) is 0 Å². The van der Waals surface area contributed by atoms with Crippen molar-refractivity contribution in [2.75, 3.05) is 0 Å². The number of hydrogen-bond acceptors (Lipinski definition) is 6. The average Bonchev–Trinajstić information content (AvgIpc) is 3.00. The van der Waals surface area contributed by atoms with Gasteiger partial charge in [0.25, 0.3) is 5.91 Å². The molecule has 23 heavy (non-hydrogen) atoms. The van der Waals surface area contributed by atoms with Crippen molar-refractivity contribution in [1.29, 1.82) is 0 Å². The van der Waals surface area contributed by atoms with Gasteiger partial charge in [-0.3, -0.25) is 19.6 Å². The van der Waals surface area contributed by atoms with Crippen molar-refractivity contribution >= 4 is 40.2 Å². The van der Waals surface area contributed by atoms with Gasteiger partial charge in [-0.25, -0.2) is 5.43 Å². The predicted octanol–water partition coefficient (Wildman–Crippen LogP) is 2.66. The maximum atomic E-state index is 11.9. The molecule has 0 fully saturated rings. The number of hydrazone groups is 1. The minimum atomic E-state index is -0.505. The Balaban J connectivity index is 2.06. The van der Waals surface area contributed by atoms with E-state index >= 15 is 0 Å². The number of aryl methyl sites for hydroxylation is 1. The van der Waals surface area contributed by atoms with E-state index in [9.17, 15) is 14.9 Å². The normalized spacial score (nSPS) is 11.6. The molecule has 8 nitrogen and oxygen atoms in total. The molecule has 0 aliphatic carbocycles. The predicted molar refractivity (Wildman–Crippen MR) is 88.0 cm³/mol. The van der Waals surface area contributed by atoms with Gasteiger partial charge in [-0.15, -0.1) is 11.3 Å². The average molecular weight is 356 g/mol. The molecule has 1 N–H and O–H groups in total. The third-order valence-electron chi connectivity index (χ3n) is 3.10. The Morgan fingerprint density at radius 2 is 2.22 bits per heavy atom. The molecular weight excluding hydrogens is 342 g/mol. The fourth-order valence-corrected chi connectivity index (χ4v) is 2.98. The van der Waals surface area contributed by atoms with Gasteiger partial charge in [0.2, 0.25) is 0 Å². The van der Waals surface area contributed by atoms with Crippen LogP contribution in [0.4, 0.5) is 5.69 Å². The number of nitrogens with one attached hydrogen (secondary N) is 1. The molecule has 0 atom stereocenters. The second-order valence-corrected chi connectivity index (χ2v) is 6.49. The van der Waals surface area contributed by atoms with Crippen molar-refractivity contribution in [2.24, 2.45) is 5.10 Å². The largest absolute Gasteiger partial charge is 0.312 e. The van der Waals surface area contributed by atoms with Crippen molar-refractivity contribution in [3.05, 3.63) is 42.8 Å². The zero-order valence-corrected chi connectivity index (χ0v) is 14.2. The number of carbonyl (C=O) groups excluding carboxylic acids is 1. The Labute approximate surface area is 140 Å². The minimum absolute atomic E-state index is 0.0780. The number of halogens is 1. The third kappa shape index (κ3) is 3.93. The first-order valence-electron chi connectivity index (χ1n) is 6.57. The smallest absolute Gasteiger partial charge is 0.271 e. The van der Waals surface area contributed by atoms with Gasteiger partial charge < -0.3 is 0 Å². The molecule has 2 heterocycles. The molecule has 0 aliphatic heterocycles. The molecule has 122 valence electrons. The second-order valence-electron chi connectivity index (χ2n) is 4.77. The van der Waals surface area contributed by atoms with Gasteiger partial charge in [-0.05, 0) is 32.9 Å². The highest BCUT2D eigenvalue weighted by atomic mass is 35.5. The molecular formula is C13H14ClN5O3S. The lowest BCUT2D eigenvalue weighted by atomic mass is 10.3. The molecule has 1 amide bonds. The van der Waals surface area contributed by atoms with E-state index in [1.165, 1.54) is 22.9 Å². The van der Waals surface area contributed by atoms with E-state index in [2.05, 4.69) is 15.6 Å². The van der Waals surface area contributed by atoms with Crippen LogP contribution in [-0.2, 0) is 11.3 Å². The molecule has 0 aromatic carbocycles. The SMILES string of the molecule is C/C(=N/NC(=O)Cn1nc(C)c([N+](=O)[O-])c1C)c1ccc(Cl)s1. The number of aromatic nitrogens is 2. The number of hydrogen-bond donors (Lipinski definition) is 1. The van der Waals surface area contributed by atoms with Crippen LogP contribution < -0.4 is 5.43 Å². The molecule has 2 aromatic rings. The maximum Gasteiger partial charge on any atom is 0.312 e. The Hall–Kier alpha value is -2.26. The zero-order valence-electron chi connectivity index (χ0n) is 12.7. The summed E-state index contributed by atoms with van der Waals surface area (Å²) in [6.45, 7) is 4.68. The number of carbonyl (C=O) groups is 1. The van der Waals surface area contributed by atoms with Gasteiger partial charge >= 0.3 is 5.69 Å². The molecule has 0 radical (unpaired) electrons. The summed E-state index contributed by atoms with van der Waals surface area (Å²) in [6.07, 6.45) is 0. The van der Waals surface area contributed by atoms with Crippen LogP contribution in [0.15, 0.2) is 17.2 Å². The van der Waals surface area contributed by atoms with Gasteiger partial charge in [-0.2, -0.15) is 10.2 Å². The maximum absolute atomic E-state index is 11.9. The molecule has 0 unspecified atom stereocenters. The summed E-state index contributed by atoms with van der Waals surface area (Å²) < 4.78 is 1.92. The van der Waals surface area contributed by atoms with Crippen LogP contribution in [0.5, 0.6) is 0 Å². The van der Waals surface area contributed by atoms with Crippen LogP contribution in [0, 0.1) is 24.0 Å². The lowest BCUT2D eigenvalue weighted by Gasteiger charge is -2.03. The summed E-state index contributed by atoms with van der Waals surface area (Å²) >= 11 is 7.20. The van der Waals surface area contributed by atoms with Crippen molar-refractivity contribution in [3.8, 4) is 0 Å². The molecule has 0 spiro atoms. The Kier molecular flexibility index (Phi) is 5.12. The van der Waals surface area contributed by atoms with Crippen LogP contribution in [0.3, 0.4) is 0 Å². The van der Waals surface area contributed by atoms with Gasteiger partial charge in [-0.1, -0.05) is 11.6 Å². The molecule has 0 bridgehead atoms. The summed E-state index contributed by atoms with van der Waals surface area (Å²) in [5, 5.41) is 18.9. The zero-order chi connectivity index (χ0) is 17.1. The quantitative estimate of drug-likeness (QED) is 0.506. The van der Waals surface area contributed by atoms with Crippen LogP contribution in [-0.4, -0.2) is 26.3 Å². The first kappa shape index (κ1) is 17.1. The van der Waals surface area contributed by atoms with Gasteiger partial charge in [0.15, 0.2) is 0 Å². The number of thiophene rings is 1. The first-order chi connectivity index (χ1) is 10.8. The summed E-state index contributed by atoms with van der Waals surface area (Å²) in [5.41, 5.74) is 3.55. The Bertz CT molecular complexity index is 796. The Morgan fingerprint density at radius 1 is 1.52 bits per heavy atom. The molecule has 2 rings (SSSR count). The molecule has 10 heteroatoms. The van der Waals surface area contributed by atoms with E-state index in [1.54, 1.807) is 19.9 Å². The summed E-state index contributed by atoms with van der Waals surface area (Å²) in [6, 6.07) is 3.56. The summed E-state index contributed by atoms with van der Waals surface area (Å²) in [7, 11) is 0. The lowest BCUT2D eigenvalue weighted by molar-refractivity contribution is -0.386. The van der Waals surface area contributed by atoms with E-state index in [0.29, 0.717) is 15.7 Å². The van der Waals surface area contributed by atoms with Gasteiger partial charge in [0.05, 0.1) is 19.8 Å². The number of amides is 1. The first-order valence-corrected chi connectivity index (χ1v) is 7.76. The van der Waals surface area contributed by atoms with Crippen molar-refractivity contribution in [2.45, 2.75) is 27.3 Å². The second kappa shape index (κ2) is 6.88. The number of nitro groups is 1. The molecule has 0 aliphatic rings. The monoisotopic (exact) mass is 355 g/mol. The summed E-state index contributed by atoms with van der Waals surface area (Å²) in [5.74, 6) is -0.424. The fourth-order valence-electron chi connectivity index (χ4n) is 1.99. The van der Waals surface area contributed by atoms with Crippen LogP contribution in [0.2, 0.25) is 4.34 Å². The third-order valence-corrected chi connectivity index (χ3v) is 4.44. The molecule has 0 saturated carbocycles. The van der Waals surface area contributed by atoms with E-state index in [-0.39, 0.29) is 17.9 Å². The van der Waals surface area contributed by atoms with E-state index < -0.39 is 10.8 Å². The van der Waals surface area contributed by atoms with E-state index in [4.69, 9.17) is 11.6 Å². The van der Waals surface area contributed by atoms with E-state index in [1.807, 2.05) is 6.07 Å². The van der Waals surface area contributed by atoms with Crippen LogP contribution >= 0.6 is 22.9 Å². The summed E-state index contributed by atoms with van der Waals surface area (Å²) in [4.78, 5) is 23.2. The van der Waals surface area contributed by atoms with Gasteiger partial charge in [0.1, 0.15) is 17.9 Å². The highest BCUT2D eigenvalue weighted by Crippen LogP contribution is 2.22. The number of nitrogens with zero attached hydrogens (tertiary/aromatic N) is 4. The Morgan fingerprint density at radius 3 is 2.74 bits per heavy atom. The van der Waals surface area contributed by atoms with Crippen molar-refractivity contribution in [3.63, 3.8) is 0 Å². The van der Waals surface area contributed by atoms with Crippen LogP contribution in [0.1, 0.15) is 23.2 Å². The van der Waals surface area contributed by atoms with Gasteiger partial charge in [0, 0.05) is 0 Å². The highest BCUT2D eigenvalue weighted by molar-refractivity contribution is 7.18. The topological polar surface area (TPSA) is 102 Å². The standard InChI is InChI=1S/C13H14ClN5O3S/c1-7(10-4-5-11(14)23-10)15-16-12(20)6-18-9(3)13(19(21)22)8(2)17-18/h4-5H,6H2,1-3H3,(H,16,20)/b15-7-. The lowest BCUT2D eigenvalue weighted by Crippen LogP contribution is -2.25. The van der Waals surface area contributed by atoms with Crippen molar-refractivity contribution < 1.29 is 9.72 Å². The highest BCUT2D eigenvalue weighted by Gasteiger charge is 2.22. The molecule has 2 aromatic heterocycles. The minimum Gasteiger partial charge on any atom is -0.271 e. The fraction of sp³-hybridized carbons (Fsp3) is 0.308. The van der Waals surface area contributed by atoms with E-state index in [0.717, 1.165) is 4.88 Å². The molecule has 0 saturated heterocycles. The van der Waals surface area contributed by atoms with Crippen molar-refractivity contribution in [1.82, 2.24) is 15.2 Å². The number of rotatable bonds is 5.